The number of hydrogen-bond acceptors (Lipinski definition) is 7. The number of rotatable bonds is 6. The van der Waals surface area contributed by atoms with Gasteiger partial charge in [-0.1, -0.05) is 18.2 Å². The Hall–Kier alpha value is -1.73. The number of benzene rings is 1. The summed E-state index contributed by atoms with van der Waals surface area (Å²) >= 11 is 0. The average molecular weight is 396 g/mol. The minimum absolute atomic E-state index is 0.178. The van der Waals surface area contributed by atoms with Gasteiger partial charge in [-0.05, 0) is 18.6 Å². The SMILES string of the molecule is CC1(COC2OC2c2ccccc2C(=O)N(N)S(=O)(=O)C(F)(F)F)CO1. The summed E-state index contributed by atoms with van der Waals surface area (Å²) in [6, 6.07) is 5.47. The fourth-order valence-corrected chi connectivity index (χ4v) is 2.73. The van der Waals surface area contributed by atoms with Crippen molar-refractivity contribution in [1.29, 1.82) is 0 Å². The van der Waals surface area contributed by atoms with Crippen molar-refractivity contribution in [2.24, 2.45) is 5.84 Å². The molecule has 3 rings (SSSR count). The molecule has 2 fully saturated rings. The lowest BCUT2D eigenvalue weighted by molar-refractivity contribution is -0.0483. The number of alkyl halides is 3. The molecule has 3 unspecified atom stereocenters. The van der Waals surface area contributed by atoms with Gasteiger partial charge in [-0.25, -0.2) is 5.84 Å². The Bertz CT molecular complexity index is 824. The van der Waals surface area contributed by atoms with Crippen LogP contribution >= 0.6 is 0 Å². The second-order valence-corrected chi connectivity index (χ2v) is 7.92. The van der Waals surface area contributed by atoms with E-state index in [0.29, 0.717) is 6.61 Å². The van der Waals surface area contributed by atoms with Gasteiger partial charge in [0.25, 0.3) is 5.91 Å². The van der Waals surface area contributed by atoms with Crippen LogP contribution in [0.25, 0.3) is 0 Å². The van der Waals surface area contributed by atoms with Crippen molar-refractivity contribution in [2.45, 2.75) is 30.4 Å². The second-order valence-electron chi connectivity index (χ2n) is 6.11. The van der Waals surface area contributed by atoms with Gasteiger partial charge in [0.2, 0.25) is 0 Å². The third-order valence-electron chi connectivity index (χ3n) is 3.89. The summed E-state index contributed by atoms with van der Waals surface area (Å²) in [7, 11) is -6.01. The van der Waals surface area contributed by atoms with Crippen molar-refractivity contribution in [2.75, 3.05) is 13.2 Å². The molecule has 2 aliphatic heterocycles. The van der Waals surface area contributed by atoms with Crippen LogP contribution in [0.1, 0.15) is 28.9 Å². The molecule has 3 atom stereocenters. The first-order valence-corrected chi connectivity index (χ1v) is 8.81. The summed E-state index contributed by atoms with van der Waals surface area (Å²) in [5.74, 6) is 3.43. The van der Waals surface area contributed by atoms with Crippen LogP contribution in [-0.2, 0) is 24.2 Å². The van der Waals surface area contributed by atoms with Crippen LogP contribution in [0.3, 0.4) is 0 Å². The number of halogens is 3. The van der Waals surface area contributed by atoms with Crippen molar-refractivity contribution in [1.82, 2.24) is 4.41 Å². The van der Waals surface area contributed by atoms with Crippen molar-refractivity contribution in [3.05, 3.63) is 35.4 Å². The highest BCUT2D eigenvalue weighted by Gasteiger charge is 2.52. The van der Waals surface area contributed by atoms with Crippen LogP contribution < -0.4 is 5.84 Å². The van der Waals surface area contributed by atoms with E-state index in [1.54, 1.807) is 0 Å². The monoisotopic (exact) mass is 396 g/mol. The number of sulfonamides is 1. The molecule has 26 heavy (non-hydrogen) atoms. The largest absolute Gasteiger partial charge is 0.518 e. The Kier molecular flexibility index (Phi) is 4.51. The number of hydrogen-bond donors (Lipinski definition) is 1. The third-order valence-corrected chi connectivity index (χ3v) is 5.16. The third kappa shape index (κ3) is 3.55. The van der Waals surface area contributed by atoms with Crippen LogP contribution in [0.4, 0.5) is 13.2 Å². The molecule has 2 N–H and O–H groups in total. The summed E-state index contributed by atoms with van der Waals surface area (Å²) in [4.78, 5) is 12.2. The maximum atomic E-state index is 12.6. The zero-order valence-corrected chi connectivity index (χ0v) is 14.2. The molecular weight excluding hydrogens is 381 g/mol. The number of hydrazine groups is 1. The van der Waals surface area contributed by atoms with E-state index in [1.165, 1.54) is 18.2 Å². The van der Waals surface area contributed by atoms with E-state index in [1.807, 2.05) is 6.92 Å². The molecule has 1 aromatic carbocycles. The number of nitrogens with zero attached hydrogens (tertiary/aromatic N) is 1. The maximum Gasteiger partial charge on any atom is 0.518 e. The van der Waals surface area contributed by atoms with Crippen molar-refractivity contribution < 1.29 is 40.6 Å². The quantitative estimate of drug-likeness (QED) is 0.331. The number of carbonyl (C=O) groups excluding carboxylic acids is 1. The minimum atomic E-state index is -6.01. The number of carbonyl (C=O) groups is 1. The number of epoxide rings is 2. The molecule has 2 aliphatic rings. The smallest absolute Gasteiger partial charge is 0.367 e. The first-order valence-electron chi connectivity index (χ1n) is 7.37. The van der Waals surface area contributed by atoms with Crippen molar-refractivity contribution in [3.63, 3.8) is 0 Å². The molecule has 2 saturated heterocycles. The zero-order chi connectivity index (χ0) is 19.3. The van der Waals surface area contributed by atoms with Gasteiger partial charge in [-0.15, -0.1) is 0 Å². The number of ether oxygens (including phenoxy) is 3. The van der Waals surface area contributed by atoms with Gasteiger partial charge in [0, 0.05) is 5.56 Å². The predicted molar refractivity (Wildman–Crippen MR) is 79.7 cm³/mol. The summed E-state index contributed by atoms with van der Waals surface area (Å²) < 4.78 is 75.5. The Balaban J connectivity index is 1.76. The molecule has 12 heteroatoms. The Morgan fingerprint density at radius 1 is 1.42 bits per heavy atom. The first-order chi connectivity index (χ1) is 12.0. The average Bonchev–Trinajstić information content (AvgIpc) is 3.48. The fraction of sp³-hybridized carbons (Fsp3) is 0.500. The topological polar surface area (TPSA) is 115 Å². The molecule has 0 spiro atoms. The molecule has 1 aromatic rings. The number of nitrogens with two attached hydrogens (primary N) is 1. The van der Waals surface area contributed by atoms with Gasteiger partial charge >= 0.3 is 15.5 Å². The molecular formula is C14H15F3N2O6S. The lowest BCUT2D eigenvalue weighted by atomic mass is 10.0. The van der Waals surface area contributed by atoms with Crippen LogP contribution in [0.15, 0.2) is 24.3 Å². The van der Waals surface area contributed by atoms with E-state index in [9.17, 15) is 26.4 Å². The van der Waals surface area contributed by atoms with Gasteiger partial charge in [-0.3, -0.25) is 4.79 Å². The Morgan fingerprint density at radius 3 is 2.62 bits per heavy atom. The molecule has 8 nitrogen and oxygen atoms in total. The van der Waals surface area contributed by atoms with Crippen molar-refractivity contribution >= 4 is 15.9 Å². The summed E-state index contributed by atoms with van der Waals surface area (Å²) in [6.07, 6.45) is -1.44. The van der Waals surface area contributed by atoms with Gasteiger partial charge in [0.15, 0.2) is 6.29 Å². The van der Waals surface area contributed by atoms with E-state index >= 15 is 0 Å². The molecule has 0 radical (unpaired) electrons. The molecule has 144 valence electrons. The van der Waals surface area contributed by atoms with E-state index in [-0.39, 0.29) is 23.3 Å². The Labute approximate surface area is 146 Å². The van der Waals surface area contributed by atoms with Crippen LogP contribution in [-0.4, -0.2) is 49.4 Å². The molecule has 0 aliphatic carbocycles. The van der Waals surface area contributed by atoms with Gasteiger partial charge in [0.05, 0.1) is 13.2 Å². The van der Waals surface area contributed by atoms with E-state index in [4.69, 9.17) is 20.1 Å². The molecule has 0 saturated carbocycles. The zero-order valence-electron chi connectivity index (χ0n) is 13.4. The minimum Gasteiger partial charge on any atom is -0.367 e. The first kappa shape index (κ1) is 19.0. The van der Waals surface area contributed by atoms with Gasteiger partial charge in [0.1, 0.15) is 11.7 Å². The molecule has 0 aromatic heterocycles. The predicted octanol–water partition coefficient (Wildman–Crippen LogP) is 1.06. The van der Waals surface area contributed by atoms with E-state index in [2.05, 4.69) is 0 Å². The van der Waals surface area contributed by atoms with Gasteiger partial charge in [-0.2, -0.15) is 26.0 Å². The molecule has 2 heterocycles. The highest BCUT2D eigenvalue weighted by atomic mass is 32.2. The maximum absolute atomic E-state index is 12.6. The second kappa shape index (κ2) is 6.16. The highest BCUT2D eigenvalue weighted by molar-refractivity contribution is 7.90. The van der Waals surface area contributed by atoms with Gasteiger partial charge < -0.3 is 14.2 Å². The standard InChI is InChI=1S/C14H15F3N2O6S/c1-13(7-24-13)6-23-12-10(25-12)8-4-2-3-5-9(8)11(20)19(18)26(21,22)14(15,16)17/h2-5,10,12H,6-7,18H2,1H3. The summed E-state index contributed by atoms with van der Waals surface area (Å²) in [5, 5.41) is 0. The van der Waals surface area contributed by atoms with E-state index in [0.717, 1.165) is 6.07 Å². The Morgan fingerprint density at radius 2 is 2.04 bits per heavy atom. The summed E-state index contributed by atoms with van der Waals surface area (Å²) in [6.45, 7) is 2.61. The lowest BCUT2D eigenvalue weighted by Gasteiger charge is -2.19. The van der Waals surface area contributed by atoms with Crippen LogP contribution in [0.5, 0.6) is 0 Å². The molecule has 0 bridgehead atoms. The molecule has 1 amide bonds. The fourth-order valence-electron chi connectivity index (χ4n) is 2.19. The highest BCUT2D eigenvalue weighted by Crippen LogP contribution is 2.42. The lowest BCUT2D eigenvalue weighted by Crippen LogP contribution is -2.48. The summed E-state index contributed by atoms with van der Waals surface area (Å²) in [5.41, 5.74) is -6.24. The van der Waals surface area contributed by atoms with E-state index < -0.39 is 38.2 Å². The number of amides is 1. The van der Waals surface area contributed by atoms with Crippen LogP contribution in [0, 0.1) is 0 Å². The van der Waals surface area contributed by atoms with Crippen molar-refractivity contribution in [3.8, 4) is 0 Å². The van der Waals surface area contributed by atoms with Crippen LogP contribution in [0.2, 0.25) is 0 Å². The normalized spacial score (nSPS) is 27.9.